The number of sulfonamides is 1. The fourth-order valence-corrected chi connectivity index (χ4v) is 3.93. The number of nitrogens with zero attached hydrogens (tertiary/aromatic N) is 3. The smallest absolute Gasteiger partial charge is 0.244 e. The molecule has 0 bridgehead atoms. The first kappa shape index (κ1) is 16.7. The van der Waals surface area contributed by atoms with Crippen molar-refractivity contribution in [2.45, 2.75) is 38.2 Å². The number of furan rings is 1. The minimum atomic E-state index is -3.45. The third-order valence-corrected chi connectivity index (χ3v) is 6.26. The molecule has 3 heterocycles. The highest BCUT2D eigenvalue weighted by atomic mass is 32.2. The third-order valence-electron chi connectivity index (χ3n) is 4.07. The van der Waals surface area contributed by atoms with Crippen LogP contribution in [0.1, 0.15) is 31.3 Å². The van der Waals surface area contributed by atoms with Crippen molar-refractivity contribution >= 4 is 15.9 Å². The number of hydrogen-bond donors (Lipinski definition) is 1. The summed E-state index contributed by atoms with van der Waals surface area (Å²) in [5, 5.41) is 2.24. The Hall–Kier alpha value is -2.13. The first-order valence-corrected chi connectivity index (χ1v) is 9.19. The van der Waals surface area contributed by atoms with Gasteiger partial charge in [-0.2, -0.15) is 4.31 Å². The van der Waals surface area contributed by atoms with Crippen LogP contribution in [0.25, 0.3) is 0 Å². The molecule has 2 aromatic heterocycles. The second kappa shape index (κ2) is 6.40. The van der Waals surface area contributed by atoms with Crippen molar-refractivity contribution in [3.8, 4) is 0 Å². The van der Waals surface area contributed by atoms with E-state index in [4.69, 9.17) is 4.42 Å². The van der Waals surface area contributed by atoms with Crippen LogP contribution in [0.3, 0.4) is 0 Å². The minimum Gasteiger partial charge on any atom is -0.467 e. The van der Waals surface area contributed by atoms with Crippen LogP contribution >= 0.6 is 0 Å². The number of carbonyl (C=O) groups is 1. The van der Waals surface area contributed by atoms with E-state index in [1.165, 1.54) is 10.6 Å². The maximum absolute atomic E-state index is 12.6. The average Bonchev–Trinajstić information content (AvgIpc) is 3.22. The fraction of sp³-hybridized carbons (Fsp3) is 0.467. The molecule has 1 aliphatic heterocycles. The van der Waals surface area contributed by atoms with Crippen LogP contribution in [0, 0.1) is 0 Å². The molecule has 0 aromatic carbocycles. The normalized spacial score (nSPS) is 18.5. The Labute approximate surface area is 140 Å². The molecule has 1 amide bonds. The number of nitrogens with one attached hydrogen (secondary N) is 1. The van der Waals surface area contributed by atoms with Gasteiger partial charge in [0.05, 0.1) is 36.6 Å². The zero-order valence-electron chi connectivity index (χ0n) is 13.5. The van der Waals surface area contributed by atoms with Gasteiger partial charge < -0.3 is 14.3 Å². The fourth-order valence-electron chi connectivity index (χ4n) is 2.67. The number of carbonyl (C=O) groups excluding carboxylic acids is 1. The van der Waals surface area contributed by atoms with E-state index >= 15 is 0 Å². The largest absolute Gasteiger partial charge is 0.467 e. The van der Waals surface area contributed by atoms with Gasteiger partial charge in [-0.1, -0.05) is 0 Å². The van der Waals surface area contributed by atoms with E-state index in [1.54, 1.807) is 43.1 Å². The number of imidazole rings is 1. The van der Waals surface area contributed by atoms with Crippen molar-refractivity contribution in [2.24, 2.45) is 0 Å². The van der Waals surface area contributed by atoms with Crippen LogP contribution in [0.4, 0.5) is 0 Å². The van der Waals surface area contributed by atoms with Gasteiger partial charge in [0.1, 0.15) is 11.8 Å². The van der Waals surface area contributed by atoms with Crippen LogP contribution in [0.5, 0.6) is 0 Å². The number of fused-ring (bicyclic) bond motifs is 1. The van der Waals surface area contributed by atoms with Crippen LogP contribution < -0.4 is 5.32 Å². The summed E-state index contributed by atoms with van der Waals surface area (Å²) in [6.45, 7) is 3.83. The quantitative estimate of drug-likeness (QED) is 0.862. The molecule has 0 radical (unpaired) electrons. The molecule has 2 aromatic rings. The van der Waals surface area contributed by atoms with Crippen LogP contribution in [0.15, 0.2) is 35.3 Å². The SMILES string of the molecule is CC(C)S(=O)(=O)N1Cc2cncn2[C@H](C(=O)NCc2ccco2)C1. The van der Waals surface area contributed by atoms with Crippen molar-refractivity contribution in [1.82, 2.24) is 19.2 Å². The number of amides is 1. The molecule has 0 spiro atoms. The topological polar surface area (TPSA) is 97.4 Å². The minimum absolute atomic E-state index is 0.0911. The molecule has 8 nitrogen and oxygen atoms in total. The summed E-state index contributed by atoms with van der Waals surface area (Å²) in [5.41, 5.74) is 0.698. The van der Waals surface area contributed by atoms with E-state index < -0.39 is 21.3 Å². The predicted molar refractivity (Wildman–Crippen MR) is 86.3 cm³/mol. The van der Waals surface area contributed by atoms with Crippen molar-refractivity contribution in [3.63, 3.8) is 0 Å². The molecule has 0 saturated heterocycles. The molecule has 3 rings (SSSR count). The van der Waals surface area contributed by atoms with E-state index in [0.717, 1.165) is 0 Å². The van der Waals surface area contributed by atoms with Gasteiger partial charge in [-0.3, -0.25) is 4.79 Å². The summed E-state index contributed by atoms with van der Waals surface area (Å²) in [6.07, 6.45) is 4.69. The van der Waals surface area contributed by atoms with Gasteiger partial charge in [0.2, 0.25) is 15.9 Å². The maximum atomic E-state index is 12.6. The second-order valence-corrected chi connectivity index (χ2v) is 8.48. The van der Waals surface area contributed by atoms with Crippen molar-refractivity contribution < 1.29 is 17.6 Å². The molecule has 9 heteroatoms. The Balaban J connectivity index is 1.80. The van der Waals surface area contributed by atoms with E-state index in [2.05, 4.69) is 10.3 Å². The van der Waals surface area contributed by atoms with Gasteiger partial charge >= 0.3 is 0 Å². The van der Waals surface area contributed by atoms with Gasteiger partial charge in [-0.05, 0) is 26.0 Å². The van der Waals surface area contributed by atoms with Crippen molar-refractivity contribution in [3.05, 3.63) is 42.4 Å². The average molecular weight is 352 g/mol. The first-order chi connectivity index (χ1) is 11.4. The van der Waals surface area contributed by atoms with Gasteiger partial charge in [0, 0.05) is 12.7 Å². The van der Waals surface area contributed by atoms with Gasteiger partial charge in [-0.25, -0.2) is 13.4 Å². The first-order valence-electron chi connectivity index (χ1n) is 7.69. The summed E-state index contributed by atoms with van der Waals surface area (Å²) in [5.74, 6) is 0.367. The molecule has 24 heavy (non-hydrogen) atoms. The molecule has 1 aliphatic rings. The Morgan fingerprint density at radius 2 is 2.29 bits per heavy atom. The Morgan fingerprint density at radius 1 is 1.50 bits per heavy atom. The Bertz CT molecular complexity index is 810. The van der Waals surface area contributed by atoms with Crippen molar-refractivity contribution in [1.29, 1.82) is 0 Å². The lowest BCUT2D eigenvalue weighted by atomic mass is 10.2. The highest BCUT2D eigenvalue weighted by Crippen LogP contribution is 2.25. The van der Waals surface area contributed by atoms with Gasteiger partial charge in [0.15, 0.2) is 0 Å². The molecule has 0 aliphatic carbocycles. The zero-order chi connectivity index (χ0) is 17.3. The summed E-state index contributed by atoms with van der Waals surface area (Å²) in [6, 6.07) is 2.85. The summed E-state index contributed by atoms with van der Waals surface area (Å²) in [4.78, 5) is 16.6. The molecule has 0 saturated carbocycles. The molecule has 0 fully saturated rings. The molecule has 1 N–H and O–H groups in total. The summed E-state index contributed by atoms with van der Waals surface area (Å²) >= 11 is 0. The molecular weight excluding hydrogens is 332 g/mol. The molecule has 0 unspecified atom stereocenters. The predicted octanol–water partition coefficient (Wildman–Crippen LogP) is 0.887. The van der Waals surface area contributed by atoms with Crippen LogP contribution in [-0.4, -0.2) is 40.0 Å². The summed E-state index contributed by atoms with van der Waals surface area (Å²) in [7, 11) is -3.45. The lowest BCUT2D eigenvalue weighted by Gasteiger charge is -2.33. The van der Waals surface area contributed by atoms with E-state index in [9.17, 15) is 13.2 Å². The third kappa shape index (κ3) is 3.09. The standard InChI is InChI=1S/C15H20N4O4S/c1-11(2)24(21,22)18-8-12-6-16-10-19(12)14(9-18)15(20)17-7-13-4-3-5-23-13/h3-6,10-11,14H,7-9H2,1-2H3,(H,17,20)/t14-/m0/s1. The summed E-state index contributed by atoms with van der Waals surface area (Å²) < 4.78 is 33.2. The Morgan fingerprint density at radius 3 is 2.96 bits per heavy atom. The van der Waals surface area contributed by atoms with E-state index in [0.29, 0.717) is 11.5 Å². The highest BCUT2D eigenvalue weighted by molar-refractivity contribution is 7.89. The Kier molecular flexibility index (Phi) is 4.46. The van der Waals surface area contributed by atoms with Gasteiger partial charge in [-0.15, -0.1) is 0 Å². The van der Waals surface area contributed by atoms with Crippen molar-refractivity contribution in [2.75, 3.05) is 6.54 Å². The van der Waals surface area contributed by atoms with Gasteiger partial charge in [0.25, 0.3) is 0 Å². The highest BCUT2D eigenvalue weighted by Gasteiger charge is 2.36. The zero-order valence-corrected chi connectivity index (χ0v) is 14.4. The van der Waals surface area contributed by atoms with E-state index in [1.807, 2.05) is 0 Å². The number of hydrogen-bond acceptors (Lipinski definition) is 5. The monoisotopic (exact) mass is 352 g/mol. The molecular formula is C15H20N4O4S. The van der Waals surface area contributed by atoms with Crippen LogP contribution in [0.2, 0.25) is 0 Å². The molecule has 130 valence electrons. The second-order valence-electron chi connectivity index (χ2n) is 5.99. The lowest BCUT2D eigenvalue weighted by Crippen LogP contribution is -2.48. The van der Waals surface area contributed by atoms with Crippen LogP contribution in [-0.2, 0) is 27.9 Å². The molecule has 1 atom stereocenters. The number of aromatic nitrogens is 2. The maximum Gasteiger partial charge on any atom is 0.244 e. The lowest BCUT2D eigenvalue weighted by molar-refractivity contribution is -0.125. The van der Waals surface area contributed by atoms with E-state index in [-0.39, 0.29) is 25.5 Å². The number of rotatable bonds is 5.